The molecule has 0 saturated heterocycles. The third kappa shape index (κ3) is 2200. The summed E-state index contributed by atoms with van der Waals surface area (Å²) in [5.41, 5.74) is 0. The Hall–Kier alpha value is 0.225. The third-order valence-corrected chi connectivity index (χ3v) is 0. The molecule has 0 aromatic rings. The summed E-state index contributed by atoms with van der Waals surface area (Å²) in [5, 5.41) is 13.9. The van der Waals surface area contributed by atoms with Gasteiger partial charge in [-0.25, -0.2) is 4.79 Å². The maximum absolute atomic E-state index is 8.56. The second-order valence-corrected chi connectivity index (χ2v) is 0.283. The Labute approximate surface area is 62.0 Å². The Kier molecular flexibility index (Phi) is 36.6. The van der Waals surface area contributed by atoms with Crippen molar-refractivity contribution in [2.24, 2.45) is 0 Å². The van der Waals surface area contributed by atoms with Crippen molar-refractivity contribution in [1.29, 1.82) is 0 Å². The van der Waals surface area contributed by atoms with E-state index < -0.39 is 6.16 Å². The van der Waals surface area contributed by atoms with Crippen molar-refractivity contribution in [3.05, 3.63) is 0 Å². The number of hydrogen-bond donors (Lipinski definition) is 2. The minimum atomic E-state index is -1.83. The van der Waals surface area contributed by atoms with Crippen LogP contribution < -0.4 is 0 Å². The van der Waals surface area contributed by atoms with Crippen LogP contribution in [0.3, 0.4) is 0 Å². The van der Waals surface area contributed by atoms with Gasteiger partial charge in [-0.2, -0.15) is 0 Å². The van der Waals surface area contributed by atoms with Crippen molar-refractivity contribution in [2.75, 3.05) is 0 Å². The first kappa shape index (κ1) is 15.7. The molecule has 0 radical (unpaired) electrons. The molecule has 0 bridgehead atoms. The first-order valence-corrected chi connectivity index (χ1v) is 2.37. The molecule has 0 aliphatic heterocycles. The van der Waals surface area contributed by atoms with Gasteiger partial charge >= 0.3 is 41.7 Å². The van der Waals surface area contributed by atoms with Gasteiger partial charge in [-0.05, 0) is 0 Å². The van der Waals surface area contributed by atoms with E-state index in [2.05, 4.69) is 0 Å². The molecule has 0 aliphatic rings. The zero-order valence-corrected chi connectivity index (χ0v) is 6.91. The Morgan fingerprint density at radius 2 is 1.29 bits per heavy atom. The molecular formula is CH4LaO5. The van der Waals surface area contributed by atoms with E-state index in [0.29, 0.717) is 0 Å². The first-order chi connectivity index (χ1) is 2.73. The average Bonchev–Trinajstić information content (AvgIpc) is 1.41. The normalized spacial score (nSPS) is 4.29. The van der Waals surface area contributed by atoms with Crippen LogP contribution in [-0.4, -0.2) is 21.8 Å². The second kappa shape index (κ2) is 16.3. The average molecular weight is 235 g/mol. The van der Waals surface area contributed by atoms with Gasteiger partial charge in [-0.3, -0.25) is 0 Å². The van der Waals surface area contributed by atoms with E-state index in [1.807, 2.05) is 0 Å². The topological polar surface area (TPSA) is 106 Å². The Morgan fingerprint density at radius 1 is 1.29 bits per heavy atom. The van der Waals surface area contributed by atoms with Crippen LogP contribution >= 0.6 is 0 Å². The molecule has 0 rings (SSSR count). The van der Waals surface area contributed by atoms with Crippen LogP contribution in [0.25, 0.3) is 0 Å². The fourth-order valence-corrected chi connectivity index (χ4v) is 0. The molecule has 0 heterocycles. The molecule has 0 atom stereocenters. The summed E-state index contributed by atoms with van der Waals surface area (Å²) in [6.07, 6.45) is -1.83. The molecule has 4 N–H and O–H groups in total. The molecule has 6 heteroatoms. The van der Waals surface area contributed by atoms with Crippen molar-refractivity contribution in [3.63, 3.8) is 0 Å². The summed E-state index contributed by atoms with van der Waals surface area (Å²) in [7, 11) is 0. The second-order valence-electron chi connectivity index (χ2n) is 0.283. The summed E-state index contributed by atoms with van der Waals surface area (Å²) in [6, 6.07) is 0. The van der Waals surface area contributed by atoms with Crippen molar-refractivity contribution >= 4 is 6.16 Å². The molecule has 0 fully saturated rings. The van der Waals surface area contributed by atoms with Crippen molar-refractivity contribution < 1.29 is 56.0 Å². The maximum atomic E-state index is 8.56. The van der Waals surface area contributed by atoms with Gasteiger partial charge in [-0.1, -0.05) is 0 Å². The molecule has 0 aliphatic carbocycles. The van der Waals surface area contributed by atoms with E-state index >= 15 is 0 Å². The van der Waals surface area contributed by atoms with E-state index in [1.54, 1.807) is 0 Å². The van der Waals surface area contributed by atoms with Crippen molar-refractivity contribution in [1.82, 2.24) is 0 Å². The zero-order chi connectivity index (χ0) is 5.58. The summed E-state index contributed by atoms with van der Waals surface area (Å²) in [6.45, 7) is 0. The van der Waals surface area contributed by atoms with E-state index in [4.69, 9.17) is 16.7 Å². The van der Waals surface area contributed by atoms with Crippen LogP contribution in [0.2, 0.25) is 0 Å². The molecular weight excluding hydrogens is 231 g/mol. The Bertz CT molecular complexity index is 39.3. The van der Waals surface area contributed by atoms with Gasteiger partial charge < -0.3 is 15.7 Å². The summed E-state index contributed by atoms with van der Waals surface area (Å²) < 4.78 is 8.42. The van der Waals surface area contributed by atoms with Gasteiger partial charge in [0.1, 0.15) is 0 Å². The summed E-state index contributed by atoms with van der Waals surface area (Å²) >= 11 is -0.0833. The molecule has 0 amide bonds. The molecule has 0 saturated carbocycles. The molecule has 5 nitrogen and oxygen atoms in total. The van der Waals surface area contributed by atoms with Crippen LogP contribution in [0.1, 0.15) is 0 Å². The van der Waals surface area contributed by atoms with Gasteiger partial charge in [0.15, 0.2) is 0 Å². The van der Waals surface area contributed by atoms with Gasteiger partial charge in [0, 0.05) is 0 Å². The molecule has 0 unspecified atom stereocenters. The van der Waals surface area contributed by atoms with Crippen LogP contribution in [0.5, 0.6) is 0 Å². The van der Waals surface area contributed by atoms with Gasteiger partial charge in [-0.15, -0.1) is 0 Å². The predicted octanol–water partition coefficient (Wildman–Crippen LogP) is -0.721. The standard InChI is InChI=1S/CH2O3.La.H2O.O/c2-1(3)4;;;/h(H2,2,3,4);;1H2;. The summed E-state index contributed by atoms with van der Waals surface area (Å²) in [5.74, 6) is 0. The van der Waals surface area contributed by atoms with Crippen LogP contribution in [0.15, 0.2) is 0 Å². The number of rotatable bonds is 0. The number of hydrogen-bond acceptors (Lipinski definition) is 2. The van der Waals surface area contributed by atoms with Crippen LogP contribution in [0, 0.1) is 33.8 Å². The molecule has 7 heavy (non-hydrogen) atoms. The van der Waals surface area contributed by atoms with Gasteiger partial charge in [0.25, 0.3) is 0 Å². The van der Waals surface area contributed by atoms with E-state index in [0.717, 1.165) is 0 Å². The molecule has 0 spiro atoms. The van der Waals surface area contributed by atoms with E-state index in [9.17, 15) is 0 Å². The monoisotopic (exact) mass is 235 g/mol. The van der Waals surface area contributed by atoms with Crippen molar-refractivity contribution in [3.8, 4) is 0 Å². The fraction of sp³-hybridized carbons (Fsp3) is 0. The third-order valence-electron chi connectivity index (χ3n) is 0. The predicted molar refractivity (Wildman–Crippen MR) is 15.0 cm³/mol. The van der Waals surface area contributed by atoms with E-state index in [1.165, 1.54) is 0 Å². The van der Waals surface area contributed by atoms with Crippen LogP contribution in [0.4, 0.5) is 4.79 Å². The van der Waals surface area contributed by atoms with Crippen molar-refractivity contribution in [2.45, 2.75) is 0 Å². The first-order valence-electron chi connectivity index (χ1n) is 0.887. The van der Waals surface area contributed by atoms with Crippen LogP contribution in [-0.2, 0) is 1.70 Å². The number of carbonyl (C=O) groups is 1. The Morgan fingerprint density at radius 3 is 1.29 bits per heavy atom. The fourth-order valence-electron chi connectivity index (χ4n) is 0. The minimum absolute atomic E-state index is 0. The van der Waals surface area contributed by atoms with E-state index in [-0.39, 0.29) is 39.3 Å². The molecule has 0 aromatic carbocycles. The SMILES string of the molecule is O.O=C(O)O.[O]=[La]. The Balaban J connectivity index is -0.0000000480. The molecule has 41 valence electrons. The van der Waals surface area contributed by atoms with Gasteiger partial charge in [0.2, 0.25) is 0 Å². The van der Waals surface area contributed by atoms with Gasteiger partial charge in [0.05, 0.1) is 0 Å². The number of carboxylic acid groups (broad SMARTS) is 2. The zero-order valence-electron chi connectivity index (χ0n) is 3.29. The molecule has 0 aromatic heterocycles. The summed E-state index contributed by atoms with van der Waals surface area (Å²) in [4.78, 5) is 8.56. The quantitative estimate of drug-likeness (QED) is 0.577.